The highest BCUT2D eigenvalue weighted by Gasteiger charge is 2.32. The van der Waals surface area contributed by atoms with E-state index in [4.69, 9.17) is 4.74 Å². The van der Waals surface area contributed by atoms with Gasteiger partial charge in [0.05, 0.1) is 6.42 Å². The van der Waals surface area contributed by atoms with Crippen LogP contribution in [0.3, 0.4) is 0 Å². The molecule has 2 aromatic rings. The van der Waals surface area contributed by atoms with Crippen LogP contribution < -0.4 is 0 Å². The van der Waals surface area contributed by atoms with Crippen molar-refractivity contribution in [2.24, 2.45) is 5.92 Å². The summed E-state index contributed by atoms with van der Waals surface area (Å²) in [4.78, 5) is 19.1. The monoisotopic (exact) mass is 353 g/mol. The van der Waals surface area contributed by atoms with Crippen LogP contribution in [0.5, 0.6) is 0 Å². The predicted octanol–water partition coefficient (Wildman–Crippen LogP) is 2.79. The van der Waals surface area contributed by atoms with Crippen molar-refractivity contribution in [1.82, 2.24) is 14.5 Å². The van der Waals surface area contributed by atoms with E-state index in [0.29, 0.717) is 18.3 Å². The van der Waals surface area contributed by atoms with E-state index in [1.165, 1.54) is 11.5 Å². The average Bonchev–Trinajstić information content (AvgIpc) is 2.99. The summed E-state index contributed by atoms with van der Waals surface area (Å²) in [5.74, 6) is 2.48. The van der Waals surface area contributed by atoms with E-state index >= 15 is 0 Å². The van der Waals surface area contributed by atoms with E-state index in [2.05, 4.69) is 16.5 Å². The average molecular weight is 353 g/mol. The molecule has 0 atom stereocenters. The lowest BCUT2D eigenvalue weighted by Gasteiger charge is -2.40. The van der Waals surface area contributed by atoms with Gasteiger partial charge in [-0.05, 0) is 25.3 Å². The summed E-state index contributed by atoms with van der Waals surface area (Å²) in [7, 11) is 0. The number of benzene rings is 1. The van der Waals surface area contributed by atoms with Crippen molar-refractivity contribution in [2.45, 2.75) is 38.6 Å². The highest BCUT2D eigenvalue weighted by atomic mass is 16.5. The van der Waals surface area contributed by atoms with Gasteiger partial charge in [0.2, 0.25) is 5.91 Å². The third kappa shape index (κ3) is 3.68. The summed E-state index contributed by atoms with van der Waals surface area (Å²) in [6, 6.07) is 9.99. The summed E-state index contributed by atoms with van der Waals surface area (Å²) in [6.45, 7) is 6.48. The Hall–Kier alpha value is -2.14. The van der Waals surface area contributed by atoms with Gasteiger partial charge in [-0.25, -0.2) is 4.98 Å². The number of hydrogen-bond acceptors (Lipinski definition) is 3. The van der Waals surface area contributed by atoms with Crippen LogP contribution in [0.25, 0.3) is 0 Å². The van der Waals surface area contributed by atoms with Crippen molar-refractivity contribution in [3.63, 3.8) is 0 Å². The molecular weight excluding hydrogens is 326 g/mol. The SMILES string of the molecule is Cc1cnc(C2CCOCC2)n1CC1CN(C(=O)Cc2ccccc2)C1. The molecule has 1 aromatic heterocycles. The van der Waals surface area contributed by atoms with E-state index in [-0.39, 0.29) is 5.91 Å². The van der Waals surface area contributed by atoms with Crippen molar-refractivity contribution in [3.8, 4) is 0 Å². The zero-order valence-electron chi connectivity index (χ0n) is 15.4. The molecule has 5 nitrogen and oxygen atoms in total. The molecule has 138 valence electrons. The molecule has 0 saturated carbocycles. The van der Waals surface area contributed by atoms with Crippen molar-refractivity contribution < 1.29 is 9.53 Å². The number of hydrogen-bond donors (Lipinski definition) is 0. The lowest BCUT2D eigenvalue weighted by Crippen LogP contribution is -2.52. The minimum absolute atomic E-state index is 0.236. The normalized spacial score (nSPS) is 18.7. The second kappa shape index (κ2) is 7.62. The molecule has 26 heavy (non-hydrogen) atoms. The van der Waals surface area contributed by atoms with Gasteiger partial charge >= 0.3 is 0 Å². The number of carbonyl (C=O) groups excluding carboxylic acids is 1. The minimum atomic E-state index is 0.236. The summed E-state index contributed by atoms with van der Waals surface area (Å²) in [5.41, 5.74) is 2.31. The number of amides is 1. The Morgan fingerprint density at radius 2 is 1.92 bits per heavy atom. The summed E-state index contributed by atoms with van der Waals surface area (Å²) < 4.78 is 7.86. The molecule has 0 N–H and O–H groups in total. The van der Waals surface area contributed by atoms with Crippen LogP contribution >= 0.6 is 0 Å². The van der Waals surface area contributed by atoms with Gasteiger partial charge in [-0.15, -0.1) is 0 Å². The van der Waals surface area contributed by atoms with Gasteiger partial charge in [0.15, 0.2) is 0 Å². The van der Waals surface area contributed by atoms with Crippen LogP contribution in [-0.4, -0.2) is 46.7 Å². The first-order chi connectivity index (χ1) is 12.7. The van der Waals surface area contributed by atoms with Gasteiger partial charge in [0, 0.05) is 56.6 Å². The van der Waals surface area contributed by atoms with Gasteiger partial charge in [0.25, 0.3) is 0 Å². The van der Waals surface area contributed by atoms with E-state index in [1.807, 2.05) is 41.4 Å². The number of aryl methyl sites for hydroxylation is 1. The number of imidazole rings is 1. The number of aromatic nitrogens is 2. The van der Waals surface area contributed by atoms with Crippen molar-refractivity contribution in [1.29, 1.82) is 0 Å². The Morgan fingerprint density at radius 1 is 1.19 bits per heavy atom. The highest BCUT2D eigenvalue weighted by Crippen LogP contribution is 2.28. The Balaban J connectivity index is 1.33. The van der Waals surface area contributed by atoms with Crippen molar-refractivity contribution >= 4 is 5.91 Å². The fourth-order valence-corrected chi connectivity index (χ4v) is 4.03. The molecule has 4 rings (SSSR count). The Morgan fingerprint density at radius 3 is 2.65 bits per heavy atom. The van der Waals surface area contributed by atoms with Gasteiger partial charge in [-0.1, -0.05) is 30.3 Å². The van der Waals surface area contributed by atoms with E-state index in [1.54, 1.807) is 0 Å². The van der Waals surface area contributed by atoms with Crippen LogP contribution in [0.15, 0.2) is 36.5 Å². The smallest absolute Gasteiger partial charge is 0.227 e. The third-order valence-electron chi connectivity index (χ3n) is 5.62. The maximum Gasteiger partial charge on any atom is 0.227 e. The number of carbonyl (C=O) groups is 1. The van der Waals surface area contributed by atoms with Crippen molar-refractivity contribution in [3.05, 3.63) is 53.6 Å². The fraction of sp³-hybridized carbons (Fsp3) is 0.524. The minimum Gasteiger partial charge on any atom is -0.381 e. The lowest BCUT2D eigenvalue weighted by molar-refractivity contribution is -0.137. The Kier molecular flexibility index (Phi) is 5.07. The standard InChI is InChI=1S/C21H27N3O2/c1-16-12-22-21(19-7-9-26-10-8-19)24(16)15-18-13-23(14-18)20(25)11-17-5-3-2-4-6-17/h2-6,12,18-19H,7-11,13-15H2,1H3. The highest BCUT2D eigenvalue weighted by molar-refractivity contribution is 5.79. The van der Waals surface area contributed by atoms with Crippen molar-refractivity contribution in [2.75, 3.05) is 26.3 Å². The first-order valence-electron chi connectivity index (χ1n) is 9.62. The van der Waals surface area contributed by atoms with Crippen LogP contribution in [0.2, 0.25) is 0 Å². The molecule has 5 heteroatoms. The molecule has 0 unspecified atom stereocenters. The largest absolute Gasteiger partial charge is 0.381 e. The lowest BCUT2D eigenvalue weighted by atomic mass is 9.96. The van der Waals surface area contributed by atoms with Gasteiger partial charge in [-0.2, -0.15) is 0 Å². The first-order valence-corrected chi connectivity index (χ1v) is 9.62. The zero-order valence-corrected chi connectivity index (χ0v) is 15.4. The molecule has 0 radical (unpaired) electrons. The molecule has 1 aromatic carbocycles. The first kappa shape index (κ1) is 17.3. The molecule has 0 spiro atoms. The Bertz CT molecular complexity index is 744. The zero-order chi connectivity index (χ0) is 17.9. The molecule has 0 aliphatic carbocycles. The quantitative estimate of drug-likeness (QED) is 0.830. The number of likely N-dealkylation sites (tertiary alicyclic amines) is 1. The van der Waals surface area contributed by atoms with Crippen LogP contribution in [0.1, 0.15) is 35.8 Å². The fourth-order valence-electron chi connectivity index (χ4n) is 4.03. The number of rotatable bonds is 5. The number of nitrogens with zero attached hydrogens (tertiary/aromatic N) is 3. The second-order valence-electron chi connectivity index (χ2n) is 7.58. The molecule has 1 amide bonds. The molecule has 2 aliphatic heterocycles. The van der Waals surface area contributed by atoms with Crippen LogP contribution in [-0.2, 0) is 22.5 Å². The van der Waals surface area contributed by atoms with E-state index < -0.39 is 0 Å². The number of ether oxygens (including phenoxy) is 1. The van der Waals surface area contributed by atoms with Crippen LogP contribution in [0.4, 0.5) is 0 Å². The van der Waals surface area contributed by atoms with Gasteiger partial charge in [0.1, 0.15) is 5.82 Å². The third-order valence-corrected chi connectivity index (χ3v) is 5.62. The summed E-state index contributed by atoms with van der Waals surface area (Å²) >= 11 is 0. The van der Waals surface area contributed by atoms with E-state index in [9.17, 15) is 4.79 Å². The molecule has 2 saturated heterocycles. The molecule has 3 heterocycles. The summed E-state index contributed by atoms with van der Waals surface area (Å²) in [6.07, 6.45) is 4.61. The van der Waals surface area contributed by atoms with Gasteiger partial charge < -0.3 is 14.2 Å². The molecule has 2 fully saturated rings. The molecule has 2 aliphatic rings. The predicted molar refractivity (Wildman–Crippen MR) is 100.0 cm³/mol. The maximum atomic E-state index is 12.4. The van der Waals surface area contributed by atoms with E-state index in [0.717, 1.165) is 51.3 Å². The second-order valence-corrected chi connectivity index (χ2v) is 7.58. The van der Waals surface area contributed by atoms with Gasteiger partial charge in [-0.3, -0.25) is 4.79 Å². The summed E-state index contributed by atoms with van der Waals surface area (Å²) in [5, 5.41) is 0. The topological polar surface area (TPSA) is 47.4 Å². The van der Waals surface area contributed by atoms with Crippen LogP contribution in [0, 0.1) is 12.8 Å². The maximum absolute atomic E-state index is 12.4. The molecule has 0 bridgehead atoms. The Labute approximate surface area is 155 Å². The molecular formula is C21H27N3O2.